The number of carbonyl (C=O) groups excluding carboxylic acids is 1. The molecular weight excluding hydrogens is 358 g/mol. The first-order valence-electron chi connectivity index (χ1n) is 9.92. The maximum atomic E-state index is 12.9. The zero-order valence-corrected chi connectivity index (χ0v) is 16.9. The second-order valence-corrected chi connectivity index (χ2v) is 8.95. The highest BCUT2D eigenvalue weighted by atomic mass is 32.1. The zero-order chi connectivity index (χ0) is 18.8. The summed E-state index contributed by atoms with van der Waals surface area (Å²) in [5.74, 6) is 2.40. The number of thiazole rings is 1. The predicted molar refractivity (Wildman–Crippen MR) is 107 cm³/mol. The van der Waals surface area contributed by atoms with Crippen molar-refractivity contribution in [2.75, 3.05) is 11.9 Å². The van der Waals surface area contributed by atoms with Gasteiger partial charge in [-0.05, 0) is 32.6 Å². The van der Waals surface area contributed by atoms with E-state index in [1.54, 1.807) is 11.3 Å². The molecule has 1 aliphatic carbocycles. The van der Waals surface area contributed by atoms with Gasteiger partial charge in [0.05, 0.1) is 12.2 Å². The molecule has 0 aromatic carbocycles. The van der Waals surface area contributed by atoms with E-state index in [0.29, 0.717) is 18.9 Å². The number of hydrogen-bond acceptors (Lipinski definition) is 6. The van der Waals surface area contributed by atoms with E-state index in [1.165, 1.54) is 32.1 Å². The molecule has 3 heterocycles. The van der Waals surface area contributed by atoms with Crippen molar-refractivity contribution in [1.82, 2.24) is 19.9 Å². The molecular formula is C20H27N5OS. The van der Waals surface area contributed by atoms with E-state index in [1.807, 2.05) is 24.9 Å². The van der Waals surface area contributed by atoms with Crippen LogP contribution in [0.25, 0.3) is 0 Å². The molecule has 0 saturated heterocycles. The minimum Gasteiger partial charge on any atom is -0.338 e. The van der Waals surface area contributed by atoms with E-state index in [4.69, 9.17) is 0 Å². The van der Waals surface area contributed by atoms with E-state index in [-0.39, 0.29) is 5.91 Å². The molecule has 0 atom stereocenters. The van der Waals surface area contributed by atoms with Crippen molar-refractivity contribution < 1.29 is 4.79 Å². The van der Waals surface area contributed by atoms with Crippen LogP contribution in [-0.2, 0) is 17.8 Å². The van der Waals surface area contributed by atoms with Crippen molar-refractivity contribution in [3.8, 4) is 0 Å². The molecule has 27 heavy (non-hydrogen) atoms. The third-order valence-corrected chi connectivity index (χ3v) is 6.39. The Morgan fingerprint density at radius 1 is 1.26 bits per heavy atom. The average molecular weight is 386 g/mol. The van der Waals surface area contributed by atoms with Gasteiger partial charge in [0, 0.05) is 36.0 Å². The van der Waals surface area contributed by atoms with Gasteiger partial charge < -0.3 is 10.2 Å². The molecule has 6 nitrogen and oxygen atoms in total. The van der Waals surface area contributed by atoms with E-state index >= 15 is 0 Å². The summed E-state index contributed by atoms with van der Waals surface area (Å²) in [5, 5.41) is 4.18. The Morgan fingerprint density at radius 3 is 2.81 bits per heavy atom. The van der Waals surface area contributed by atoms with Gasteiger partial charge in [-0.1, -0.05) is 19.3 Å². The highest BCUT2D eigenvalue weighted by molar-refractivity contribution is 7.15. The van der Waals surface area contributed by atoms with Gasteiger partial charge in [-0.15, -0.1) is 11.3 Å². The lowest BCUT2D eigenvalue weighted by molar-refractivity contribution is -0.133. The van der Waals surface area contributed by atoms with Gasteiger partial charge in [0.15, 0.2) is 5.13 Å². The maximum Gasteiger partial charge on any atom is 0.223 e. The summed E-state index contributed by atoms with van der Waals surface area (Å²) >= 11 is 1.61. The number of aryl methyl sites for hydroxylation is 2. The minimum atomic E-state index is 0.282. The first-order chi connectivity index (χ1) is 13.1. The maximum absolute atomic E-state index is 12.9. The zero-order valence-electron chi connectivity index (χ0n) is 16.1. The van der Waals surface area contributed by atoms with Gasteiger partial charge >= 0.3 is 0 Å². The fourth-order valence-corrected chi connectivity index (χ4v) is 4.80. The number of rotatable bonds is 4. The Hall–Kier alpha value is -2.02. The van der Waals surface area contributed by atoms with Crippen LogP contribution in [0, 0.1) is 19.8 Å². The summed E-state index contributed by atoms with van der Waals surface area (Å²) < 4.78 is 0. The fraction of sp³-hybridized carbons (Fsp3) is 0.600. The Labute approximate surface area is 164 Å². The van der Waals surface area contributed by atoms with Crippen LogP contribution in [0.1, 0.15) is 60.5 Å². The molecule has 144 valence electrons. The Bertz CT molecular complexity index is 828. The second kappa shape index (κ2) is 7.92. The summed E-state index contributed by atoms with van der Waals surface area (Å²) in [4.78, 5) is 29.6. The summed E-state index contributed by atoms with van der Waals surface area (Å²) in [5.41, 5.74) is 2.09. The standard InChI is InChI=1S/C20H27N5OS/c1-13-11-21-20(27-13)24-19-16-12-25(9-8-17(16)22-14(2)23-19)18(26)10-15-6-4-3-5-7-15/h11,15H,3-10,12H2,1-2H3,(H,21,22,23,24). The predicted octanol–water partition coefficient (Wildman–Crippen LogP) is 4.15. The second-order valence-electron chi connectivity index (χ2n) is 7.72. The van der Waals surface area contributed by atoms with Crippen LogP contribution < -0.4 is 5.32 Å². The van der Waals surface area contributed by atoms with Crippen LogP contribution in [-0.4, -0.2) is 32.3 Å². The monoisotopic (exact) mass is 385 g/mol. The van der Waals surface area contributed by atoms with Crippen molar-refractivity contribution >= 4 is 28.2 Å². The molecule has 1 saturated carbocycles. The minimum absolute atomic E-state index is 0.282. The first kappa shape index (κ1) is 18.3. The molecule has 0 unspecified atom stereocenters. The number of carbonyl (C=O) groups is 1. The molecule has 1 aliphatic heterocycles. The van der Waals surface area contributed by atoms with Gasteiger partial charge in [-0.3, -0.25) is 4.79 Å². The summed E-state index contributed by atoms with van der Waals surface area (Å²) in [6, 6.07) is 0. The van der Waals surface area contributed by atoms with Crippen LogP contribution in [0.5, 0.6) is 0 Å². The van der Waals surface area contributed by atoms with Crippen LogP contribution in [0.2, 0.25) is 0 Å². The van der Waals surface area contributed by atoms with Crippen LogP contribution >= 0.6 is 11.3 Å². The molecule has 2 aromatic rings. The molecule has 2 aliphatic rings. The number of hydrogen-bond donors (Lipinski definition) is 1. The number of anilines is 2. The first-order valence-corrected chi connectivity index (χ1v) is 10.7. The third-order valence-electron chi connectivity index (χ3n) is 5.56. The Morgan fingerprint density at radius 2 is 2.07 bits per heavy atom. The largest absolute Gasteiger partial charge is 0.338 e. The Balaban J connectivity index is 1.51. The molecule has 0 radical (unpaired) electrons. The van der Waals surface area contributed by atoms with Crippen LogP contribution in [0.4, 0.5) is 10.9 Å². The van der Waals surface area contributed by atoms with Crippen molar-refractivity contribution in [3.63, 3.8) is 0 Å². The molecule has 1 N–H and O–H groups in total. The highest BCUT2D eigenvalue weighted by Gasteiger charge is 2.27. The SMILES string of the molecule is Cc1nc2c(c(Nc3ncc(C)s3)n1)CN(C(=O)CC1CCCCC1)CC2. The summed E-state index contributed by atoms with van der Waals surface area (Å²) in [6.45, 7) is 5.30. The normalized spacial score (nSPS) is 17.6. The molecule has 0 spiro atoms. The topological polar surface area (TPSA) is 71.0 Å². The van der Waals surface area contributed by atoms with E-state index in [9.17, 15) is 4.79 Å². The number of amides is 1. The van der Waals surface area contributed by atoms with E-state index < -0.39 is 0 Å². The highest BCUT2D eigenvalue weighted by Crippen LogP contribution is 2.30. The van der Waals surface area contributed by atoms with Gasteiger partial charge in [-0.25, -0.2) is 15.0 Å². The summed E-state index contributed by atoms with van der Waals surface area (Å²) in [7, 11) is 0. The molecule has 1 fully saturated rings. The molecule has 0 bridgehead atoms. The summed E-state index contributed by atoms with van der Waals surface area (Å²) in [6.07, 6.45) is 9.61. The van der Waals surface area contributed by atoms with Crippen molar-refractivity contribution in [1.29, 1.82) is 0 Å². The van der Waals surface area contributed by atoms with Crippen LogP contribution in [0.3, 0.4) is 0 Å². The number of fused-ring (bicyclic) bond motifs is 1. The van der Waals surface area contributed by atoms with Gasteiger partial charge in [0.2, 0.25) is 5.91 Å². The lowest BCUT2D eigenvalue weighted by Gasteiger charge is -2.31. The van der Waals surface area contributed by atoms with Crippen LogP contribution in [0.15, 0.2) is 6.20 Å². The van der Waals surface area contributed by atoms with E-state index in [2.05, 4.69) is 20.3 Å². The van der Waals surface area contributed by atoms with Gasteiger partial charge in [0.1, 0.15) is 11.6 Å². The molecule has 4 rings (SSSR count). The number of nitrogens with zero attached hydrogens (tertiary/aromatic N) is 4. The molecule has 7 heteroatoms. The third kappa shape index (κ3) is 4.29. The van der Waals surface area contributed by atoms with Crippen molar-refractivity contribution in [2.24, 2.45) is 5.92 Å². The average Bonchev–Trinajstić information content (AvgIpc) is 3.07. The smallest absolute Gasteiger partial charge is 0.223 e. The van der Waals surface area contributed by atoms with Crippen molar-refractivity contribution in [3.05, 3.63) is 28.2 Å². The van der Waals surface area contributed by atoms with Gasteiger partial charge in [0.25, 0.3) is 0 Å². The quantitative estimate of drug-likeness (QED) is 0.856. The molecule has 1 amide bonds. The number of aromatic nitrogens is 3. The lowest BCUT2D eigenvalue weighted by atomic mass is 9.86. The van der Waals surface area contributed by atoms with Gasteiger partial charge in [-0.2, -0.15) is 0 Å². The fourth-order valence-electron chi connectivity index (χ4n) is 4.13. The lowest BCUT2D eigenvalue weighted by Crippen LogP contribution is -2.38. The van der Waals surface area contributed by atoms with E-state index in [0.717, 1.165) is 45.9 Å². The van der Waals surface area contributed by atoms with Crippen molar-refractivity contribution in [2.45, 2.75) is 65.3 Å². The number of nitrogens with one attached hydrogen (secondary N) is 1. The molecule has 2 aromatic heterocycles. The Kier molecular flexibility index (Phi) is 5.38.